The van der Waals surface area contributed by atoms with Crippen molar-refractivity contribution in [1.82, 2.24) is 0 Å². The van der Waals surface area contributed by atoms with Crippen LogP contribution in [0.1, 0.15) is 31.4 Å². The highest BCUT2D eigenvalue weighted by Crippen LogP contribution is 2.37. The summed E-state index contributed by atoms with van der Waals surface area (Å²) >= 11 is 9.28. The zero-order valence-corrected chi connectivity index (χ0v) is 11.1. The molecule has 0 saturated heterocycles. The van der Waals surface area contributed by atoms with Gasteiger partial charge in [-0.15, -0.1) is 0 Å². The summed E-state index contributed by atoms with van der Waals surface area (Å²) < 4.78 is 6.00. The maximum Gasteiger partial charge on any atom is 0.138 e. The Morgan fingerprint density at radius 2 is 2.20 bits per heavy atom. The molecule has 2 nitrogen and oxygen atoms in total. The monoisotopic (exact) mass is 292 g/mol. The van der Waals surface area contributed by atoms with Gasteiger partial charge in [-0.1, -0.05) is 24.9 Å². The fourth-order valence-electron chi connectivity index (χ4n) is 1.47. The van der Waals surface area contributed by atoms with Crippen molar-refractivity contribution in [2.24, 2.45) is 0 Å². The average molecular weight is 294 g/mol. The predicted octanol–water partition coefficient (Wildman–Crippen LogP) is 3.94. The van der Waals surface area contributed by atoms with Crippen LogP contribution in [0.25, 0.3) is 0 Å². The van der Waals surface area contributed by atoms with Gasteiger partial charge in [0.05, 0.1) is 17.7 Å². The van der Waals surface area contributed by atoms with E-state index in [0.29, 0.717) is 17.2 Å². The van der Waals surface area contributed by atoms with Crippen LogP contribution < -0.4 is 4.74 Å². The summed E-state index contributed by atoms with van der Waals surface area (Å²) in [4.78, 5) is 0. The summed E-state index contributed by atoms with van der Waals surface area (Å²) in [7, 11) is 1.58. The minimum atomic E-state index is -0.528. The molecule has 1 rings (SSSR count). The second-order valence-electron chi connectivity index (χ2n) is 3.31. The Morgan fingerprint density at radius 3 is 2.73 bits per heavy atom. The average Bonchev–Trinajstić information content (AvgIpc) is 2.17. The van der Waals surface area contributed by atoms with Crippen molar-refractivity contribution in [3.63, 3.8) is 0 Å². The number of hydrogen-bond donors (Lipinski definition) is 1. The summed E-state index contributed by atoms with van der Waals surface area (Å²) in [6.07, 6.45) is 1.08. The molecular formula is C11H14BrClO2. The van der Waals surface area contributed by atoms with E-state index in [1.807, 2.05) is 6.92 Å². The van der Waals surface area contributed by atoms with E-state index in [1.54, 1.807) is 19.2 Å². The van der Waals surface area contributed by atoms with Gasteiger partial charge in [0.2, 0.25) is 0 Å². The van der Waals surface area contributed by atoms with Crippen LogP contribution in [-0.2, 0) is 0 Å². The van der Waals surface area contributed by atoms with Crippen molar-refractivity contribution in [2.45, 2.75) is 25.9 Å². The maximum absolute atomic E-state index is 9.92. The Balaban J connectivity index is 3.13. The lowest BCUT2D eigenvalue weighted by atomic mass is 10.0. The normalized spacial score (nSPS) is 12.6. The van der Waals surface area contributed by atoms with E-state index in [4.69, 9.17) is 16.3 Å². The van der Waals surface area contributed by atoms with E-state index in [2.05, 4.69) is 15.9 Å². The van der Waals surface area contributed by atoms with E-state index in [9.17, 15) is 5.11 Å². The lowest BCUT2D eigenvalue weighted by molar-refractivity contribution is 0.162. The molecule has 0 aliphatic rings. The SMILES string of the molecule is CCCC(O)c1cc(Cl)cc(Br)c1OC. The van der Waals surface area contributed by atoms with Gasteiger partial charge in [-0.25, -0.2) is 0 Å². The van der Waals surface area contributed by atoms with Gasteiger partial charge in [-0.05, 0) is 34.5 Å². The Hall–Kier alpha value is -0.250. The van der Waals surface area contributed by atoms with Gasteiger partial charge in [0.25, 0.3) is 0 Å². The lowest BCUT2D eigenvalue weighted by Gasteiger charge is -2.15. The topological polar surface area (TPSA) is 29.5 Å². The van der Waals surface area contributed by atoms with Crippen LogP contribution in [0, 0.1) is 0 Å². The highest BCUT2D eigenvalue weighted by molar-refractivity contribution is 9.10. The zero-order chi connectivity index (χ0) is 11.4. The second-order valence-corrected chi connectivity index (χ2v) is 4.61. The molecule has 0 amide bonds. The first-order chi connectivity index (χ1) is 7.10. The largest absolute Gasteiger partial charge is 0.495 e. The molecule has 1 aromatic carbocycles. The molecule has 84 valence electrons. The van der Waals surface area contributed by atoms with Gasteiger partial charge in [0.1, 0.15) is 5.75 Å². The molecule has 15 heavy (non-hydrogen) atoms. The van der Waals surface area contributed by atoms with E-state index in [1.165, 1.54) is 0 Å². The third kappa shape index (κ3) is 3.10. The van der Waals surface area contributed by atoms with Crippen molar-refractivity contribution < 1.29 is 9.84 Å². The minimum Gasteiger partial charge on any atom is -0.495 e. The van der Waals surface area contributed by atoms with Gasteiger partial charge < -0.3 is 9.84 Å². The summed E-state index contributed by atoms with van der Waals surface area (Å²) in [5.41, 5.74) is 0.735. The number of halogens is 2. The second kappa shape index (κ2) is 5.73. The first kappa shape index (κ1) is 12.8. The highest BCUT2D eigenvalue weighted by atomic mass is 79.9. The Morgan fingerprint density at radius 1 is 1.53 bits per heavy atom. The zero-order valence-electron chi connectivity index (χ0n) is 8.76. The molecule has 1 aromatic rings. The fraction of sp³-hybridized carbons (Fsp3) is 0.455. The van der Waals surface area contributed by atoms with E-state index < -0.39 is 6.10 Å². The number of hydrogen-bond acceptors (Lipinski definition) is 2. The third-order valence-corrected chi connectivity index (χ3v) is 2.97. The van der Waals surface area contributed by atoms with Crippen LogP contribution in [0.4, 0.5) is 0 Å². The molecule has 4 heteroatoms. The Bertz CT molecular complexity index is 342. The van der Waals surface area contributed by atoms with Crippen molar-refractivity contribution >= 4 is 27.5 Å². The minimum absolute atomic E-state index is 0.528. The van der Waals surface area contributed by atoms with Crippen LogP contribution in [0.15, 0.2) is 16.6 Å². The van der Waals surface area contributed by atoms with Crippen molar-refractivity contribution in [1.29, 1.82) is 0 Å². The first-order valence-electron chi connectivity index (χ1n) is 4.81. The summed E-state index contributed by atoms with van der Waals surface area (Å²) in [5.74, 6) is 0.653. The fourth-order valence-corrected chi connectivity index (χ4v) is 2.47. The number of ether oxygens (including phenoxy) is 1. The van der Waals surface area contributed by atoms with E-state index in [0.717, 1.165) is 16.5 Å². The van der Waals surface area contributed by atoms with Crippen LogP contribution in [0.2, 0.25) is 5.02 Å². The molecule has 0 bridgehead atoms. The van der Waals surface area contributed by atoms with Crippen LogP contribution in [0.5, 0.6) is 5.75 Å². The number of methoxy groups -OCH3 is 1. The molecule has 1 unspecified atom stereocenters. The molecule has 0 heterocycles. The molecule has 1 N–H and O–H groups in total. The molecular weight excluding hydrogens is 279 g/mol. The van der Waals surface area contributed by atoms with Crippen LogP contribution in [-0.4, -0.2) is 12.2 Å². The van der Waals surface area contributed by atoms with Gasteiger partial charge >= 0.3 is 0 Å². The molecule has 1 atom stereocenters. The van der Waals surface area contributed by atoms with Crippen molar-refractivity contribution in [2.75, 3.05) is 7.11 Å². The summed E-state index contributed by atoms with van der Waals surface area (Å²) in [6, 6.07) is 3.49. The standard InChI is InChI=1S/C11H14BrClO2/c1-3-4-10(14)8-5-7(13)6-9(12)11(8)15-2/h5-6,10,14H,3-4H2,1-2H3. The van der Waals surface area contributed by atoms with Gasteiger partial charge in [0.15, 0.2) is 0 Å². The van der Waals surface area contributed by atoms with Gasteiger partial charge in [0, 0.05) is 10.6 Å². The molecule has 0 aliphatic carbocycles. The van der Waals surface area contributed by atoms with Crippen LogP contribution >= 0.6 is 27.5 Å². The van der Waals surface area contributed by atoms with Crippen molar-refractivity contribution in [3.05, 3.63) is 27.2 Å². The first-order valence-corrected chi connectivity index (χ1v) is 5.98. The molecule has 0 saturated carbocycles. The third-order valence-electron chi connectivity index (χ3n) is 2.16. The van der Waals surface area contributed by atoms with Gasteiger partial charge in [-0.3, -0.25) is 0 Å². The number of aliphatic hydroxyl groups is 1. The molecule has 0 aliphatic heterocycles. The highest BCUT2D eigenvalue weighted by Gasteiger charge is 2.16. The number of rotatable bonds is 4. The molecule has 0 aromatic heterocycles. The van der Waals surface area contributed by atoms with E-state index >= 15 is 0 Å². The molecule has 0 fully saturated rings. The maximum atomic E-state index is 9.92. The Kier molecular flexibility index (Phi) is 4.90. The number of aliphatic hydroxyl groups excluding tert-OH is 1. The summed E-state index contributed by atoms with van der Waals surface area (Å²) in [5, 5.41) is 10.5. The summed E-state index contributed by atoms with van der Waals surface area (Å²) in [6.45, 7) is 2.02. The predicted molar refractivity (Wildman–Crippen MR) is 65.6 cm³/mol. The van der Waals surface area contributed by atoms with Gasteiger partial charge in [-0.2, -0.15) is 0 Å². The number of benzene rings is 1. The quantitative estimate of drug-likeness (QED) is 0.911. The molecule has 0 radical (unpaired) electrons. The van der Waals surface area contributed by atoms with Crippen LogP contribution in [0.3, 0.4) is 0 Å². The van der Waals surface area contributed by atoms with Crippen molar-refractivity contribution in [3.8, 4) is 5.75 Å². The Labute approximate surface area is 103 Å². The smallest absolute Gasteiger partial charge is 0.138 e. The van der Waals surface area contributed by atoms with E-state index in [-0.39, 0.29) is 0 Å². The molecule has 0 spiro atoms. The lowest BCUT2D eigenvalue weighted by Crippen LogP contribution is -2.01.